The van der Waals surface area contributed by atoms with Crippen molar-refractivity contribution in [2.75, 3.05) is 33.3 Å². The number of rotatable bonds is 5. The minimum atomic E-state index is -0.394. The van der Waals surface area contributed by atoms with Crippen LogP contribution in [-0.4, -0.2) is 61.1 Å². The topological polar surface area (TPSA) is 76.2 Å². The van der Waals surface area contributed by atoms with Gasteiger partial charge in [0.2, 0.25) is 5.91 Å². The lowest BCUT2D eigenvalue weighted by Gasteiger charge is -2.21. The summed E-state index contributed by atoms with van der Waals surface area (Å²) in [5, 5.41) is 0. The first-order valence-electron chi connectivity index (χ1n) is 8.40. The van der Waals surface area contributed by atoms with Gasteiger partial charge in [0.25, 0.3) is 0 Å². The van der Waals surface area contributed by atoms with E-state index in [1.807, 2.05) is 30.3 Å². The predicted octanol–water partition coefficient (Wildman–Crippen LogP) is 1.81. The molecule has 1 aliphatic rings. The summed E-state index contributed by atoms with van der Waals surface area (Å²) in [6.07, 6.45) is 0.525. The molecular formula is C18H24N2O5. The third-order valence-corrected chi connectivity index (χ3v) is 4.08. The van der Waals surface area contributed by atoms with Crippen molar-refractivity contribution in [3.8, 4) is 0 Å². The lowest BCUT2D eigenvalue weighted by Crippen LogP contribution is -2.37. The number of carbonyl (C=O) groups excluding carboxylic acids is 3. The molecule has 0 N–H and O–H groups in total. The third-order valence-electron chi connectivity index (χ3n) is 4.08. The Balaban J connectivity index is 1.77. The van der Waals surface area contributed by atoms with Gasteiger partial charge in [0.05, 0.1) is 13.5 Å². The molecule has 0 atom stereocenters. The molecule has 2 amide bonds. The van der Waals surface area contributed by atoms with Crippen molar-refractivity contribution in [3.63, 3.8) is 0 Å². The van der Waals surface area contributed by atoms with E-state index >= 15 is 0 Å². The fourth-order valence-electron chi connectivity index (χ4n) is 2.63. The van der Waals surface area contributed by atoms with E-state index < -0.39 is 5.97 Å². The number of amides is 2. The molecule has 0 saturated carbocycles. The highest BCUT2D eigenvalue weighted by atomic mass is 16.6. The smallest absolute Gasteiger partial charge is 0.410 e. The molecule has 1 fully saturated rings. The Hall–Kier alpha value is -2.57. The monoisotopic (exact) mass is 348 g/mol. The molecule has 0 unspecified atom stereocenters. The highest BCUT2D eigenvalue weighted by molar-refractivity contribution is 5.81. The maximum absolute atomic E-state index is 12.2. The molecule has 0 radical (unpaired) electrons. The van der Waals surface area contributed by atoms with E-state index in [1.165, 1.54) is 7.11 Å². The van der Waals surface area contributed by atoms with Gasteiger partial charge in [-0.1, -0.05) is 30.3 Å². The van der Waals surface area contributed by atoms with Crippen LogP contribution in [0.15, 0.2) is 30.3 Å². The highest BCUT2D eigenvalue weighted by Gasteiger charge is 2.23. The van der Waals surface area contributed by atoms with Crippen molar-refractivity contribution in [1.29, 1.82) is 0 Å². The number of esters is 1. The minimum Gasteiger partial charge on any atom is -0.469 e. The molecule has 0 aliphatic carbocycles. The Morgan fingerprint density at radius 2 is 1.64 bits per heavy atom. The van der Waals surface area contributed by atoms with Crippen LogP contribution in [0.25, 0.3) is 0 Å². The quantitative estimate of drug-likeness (QED) is 0.759. The molecule has 0 bridgehead atoms. The molecule has 1 saturated heterocycles. The summed E-state index contributed by atoms with van der Waals surface area (Å²) in [5.74, 6) is -0.487. The zero-order chi connectivity index (χ0) is 18.1. The lowest BCUT2D eigenvalue weighted by atomic mass is 10.2. The first kappa shape index (κ1) is 18.8. The van der Waals surface area contributed by atoms with Crippen LogP contribution in [0.3, 0.4) is 0 Å². The van der Waals surface area contributed by atoms with Gasteiger partial charge in [-0.3, -0.25) is 9.59 Å². The molecule has 0 spiro atoms. The van der Waals surface area contributed by atoms with E-state index in [4.69, 9.17) is 4.74 Å². The van der Waals surface area contributed by atoms with Crippen molar-refractivity contribution in [2.24, 2.45) is 0 Å². The van der Waals surface area contributed by atoms with Gasteiger partial charge >= 0.3 is 12.1 Å². The predicted molar refractivity (Wildman–Crippen MR) is 90.6 cm³/mol. The maximum Gasteiger partial charge on any atom is 0.410 e. The number of methoxy groups -OCH3 is 1. The molecule has 1 aromatic rings. The normalized spacial score (nSPS) is 14.6. The second-order valence-electron chi connectivity index (χ2n) is 5.84. The Morgan fingerprint density at radius 3 is 2.36 bits per heavy atom. The van der Waals surface area contributed by atoms with Crippen LogP contribution in [0, 0.1) is 0 Å². The van der Waals surface area contributed by atoms with Crippen LogP contribution in [0.1, 0.15) is 24.8 Å². The Labute approximate surface area is 147 Å². The second-order valence-corrected chi connectivity index (χ2v) is 5.84. The van der Waals surface area contributed by atoms with E-state index in [2.05, 4.69) is 4.74 Å². The maximum atomic E-state index is 12.2. The molecular weight excluding hydrogens is 324 g/mol. The summed E-state index contributed by atoms with van der Waals surface area (Å²) in [6.45, 7) is 2.23. The van der Waals surface area contributed by atoms with Crippen molar-refractivity contribution < 1.29 is 23.9 Å². The van der Waals surface area contributed by atoms with Crippen molar-refractivity contribution >= 4 is 18.0 Å². The van der Waals surface area contributed by atoms with Crippen molar-refractivity contribution in [2.45, 2.75) is 25.9 Å². The molecule has 0 aromatic heterocycles. The van der Waals surface area contributed by atoms with Gasteiger partial charge < -0.3 is 19.3 Å². The third kappa shape index (κ3) is 6.10. The first-order valence-corrected chi connectivity index (χ1v) is 8.40. The fraction of sp³-hybridized carbons (Fsp3) is 0.500. The average Bonchev–Trinajstić information content (AvgIpc) is 2.91. The van der Waals surface area contributed by atoms with Crippen molar-refractivity contribution in [1.82, 2.24) is 9.80 Å². The van der Waals surface area contributed by atoms with Gasteiger partial charge in [-0.2, -0.15) is 0 Å². The summed E-state index contributed by atoms with van der Waals surface area (Å²) < 4.78 is 9.88. The van der Waals surface area contributed by atoms with E-state index in [-0.39, 0.29) is 31.4 Å². The SMILES string of the molecule is COC(=O)CCC(=O)N1CCCN(C(=O)OCc2ccccc2)CC1. The van der Waals surface area contributed by atoms with Crippen LogP contribution in [-0.2, 0) is 25.7 Å². The van der Waals surface area contributed by atoms with Crippen LogP contribution in [0.4, 0.5) is 4.79 Å². The molecule has 2 rings (SSSR count). The molecule has 1 heterocycles. The van der Waals surface area contributed by atoms with E-state index in [9.17, 15) is 14.4 Å². The van der Waals surface area contributed by atoms with Gasteiger partial charge in [-0.05, 0) is 12.0 Å². The zero-order valence-corrected chi connectivity index (χ0v) is 14.5. The van der Waals surface area contributed by atoms with Gasteiger partial charge in [-0.25, -0.2) is 4.79 Å². The second kappa shape index (κ2) is 9.66. The Kier molecular flexibility index (Phi) is 7.25. The average molecular weight is 348 g/mol. The number of nitrogens with zero attached hydrogens (tertiary/aromatic N) is 2. The molecule has 7 nitrogen and oxygen atoms in total. The molecule has 136 valence electrons. The number of hydrogen-bond acceptors (Lipinski definition) is 5. The first-order chi connectivity index (χ1) is 12.1. The summed E-state index contributed by atoms with van der Waals surface area (Å²) in [4.78, 5) is 38.8. The summed E-state index contributed by atoms with van der Waals surface area (Å²) >= 11 is 0. The summed E-state index contributed by atoms with van der Waals surface area (Å²) in [7, 11) is 1.30. The number of benzene rings is 1. The van der Waals surface area contributed by atoms with Crippen LogP contribution in [0.2, 0.25) is 0 Å². The zero-order valence-electron chi connectivity index (χ0n) is 14.5. The summed E-state index contributed by atoms with van der Waals surface area (Å²) in [6, 6.07) is 9.50. The molecule has 7 heteroatoms. The molecule has 1 aromatic carbocycles. The van der Waals surface area contributed by atoms with E-state index in [1.54, 1.807) is 9.80 Å². The van der Waals surface area contributed by atoms with Crippen molar-refractivity contribution in [3.05, 3.63) is 35.9 Å². The van der Waals surface area contributed by atoms with Gasteiger partial charge in [0.15, 0.2) is 0 Å². The number of ether oxygens (including phenoxy) is 2. The van der Waals surface area contributed by atoms with Crippen LogP contribution in [0.5, 0.6) is 0 Å². The van der Waals surface area contributed by atoms with Gasteiger partial charge in [0, 0.05) is 32.6 Å². The minimum absolute atomic E-state index is 0.0780. The van der Waals surface area contributed by atoms with Gasteiger partial charge in [0.1, 0.15) is 6.61 Å². The highest BCUT2D eigenvalue weighted by Crippen LogP contribution is 2.09. The Bertz CT molecular complexity index is 590. The summed E-state index contributed by atoms with van der Waals surface area (Å²) in [5.41, 5.74) is 0.935. The van der Waals surface area contributed by atoms with Crippen LogP contribution >= 0.6 is 0 Å². The molecule has 25 heavy (non-hydrogen) atoms. The largest absolute Gasteiger partial charge is 0.469 e. The lowest BCUT2D eigenvalue weighted by molar-refractivity contribution is -0.143. The Morgan fingerprint density at radius 1 is 0.960 bits per heavy atom. The molecule has 1 aliphatic heterocycles. The standard InChI is InChI=1S/C18H24N2O5/c1-24-17(22)9-8-16(21)19-10-5-11-20(13-12-19)18(23)25-14-15-6-3-2-4-7-15/h2-4,6-7H,5,8-14H2,1H3. The van der Waals surface area contributed by atoms with Gasteiger partial charge in [-0.15, -0.1) is 0 Å². The number of carbonyl (C=O) groups is 3. The fourth-order valence-corrected chi connectivity index (χ4v) is 2.63. The van der Waals surface area contributed by atoms with E-state index in [0.717, 1.165) is 5.56 Å². The number of hydrogen-bond donors (Lipinski definition) is 0. The van der Waals surface area contributed by atoms with E-state index in [0.29, 0.717) is 32.6 Å². The van der Waals surface area contributed by atoms with Crippen LogP contribution < -0.4 is 0 Å².